The first-order chi connectivity index (χ1) is 14.7. The lowest BCUT2D eigenvalue weighted by Crippen LogP contribution is -2.20. The van der Waals surface area contributed by atoms with Crippen molar-refractivity contribution in [1.82, 2.24) is 0 Å². The van der Waals surface area contributed by atoms with E-state index in [1.165, 1.54) is 73.0 Å². The summed E-state index contributed by atoms with van der Waals surface area (Å²) in [4.78, 5) is 0. The average Bonchev–Trinajstić information content (AvgIpc) is 2.80. The molecule has 1 heterocycles. The topological polar surface area (TPSA) is 0 Å². The van der Waals surface area contributed by atoms with E-state index in [1.807, 2.05) is 12.1 Å². The van der Waals surface area contributed by atoms with Gasteiger partial charge in [0.1, 0.15) is 5.82 Å². The van der Waals surface area contributed by atoms with Crippen molar-refractivity contribution in [1.29, 1.82) is 0 Å². The van der Waals surface area contributed by atoms with Gasteiger partial charge in [-0.1, -0.05) is 105 Å². The third kappa shape index (κ3) is 5.10. The van der Waals surface area contributed by atoms with E-state index in [9.17, 15) is 4.39 Å². The van der Waals surface area contributed by atoms with E-state index >= 15 is 0 Å². The Kier molecular flexibility index (Phi) is 7.17. The van der Waals surface area contributed by atoms with Gasteiger partial charge in [0.15, 0.2) is 0 Å². The van der Waals surface area contributed by atoms with Crippen LogP contribution in [0.4, 0.5) is 4.39 Å². The summed E-state index contributed by atoms with van der Waals surface area (Å²) in [5.74, 6) is 0.515. The number of benzene rings is 3. The molecule has 3 aromatic carbocycles. The molecule has 0 atom stereocenters. The third-order valence-corrected chi connectivity index (χ3v) is 9.61. The number of hydrogen-bond acceptors (Lipinski definition) is 0. The van der Waals surface area contributed by atoms with Gasteiger partial charge in [-0.05, 0) is 58.7 Å². The van der Waals surface area contributed by atoms with Crippen LogP contribution in [0.3, 0.4) is 0 Å². The van der Waals surface area contributed by atoms with Crippen LogP contribution in [0.5, 0.6) is 0 Å². The minimum atomic E-state index is -0.185. The van der Waals surface area contributed by atoms with Gasteiger partial charge in [0.25, 0.3) is 0 Å². The molecule has 0 aromatic heterocycles. The van der Waals surface area contributed by atoms with Gasteiger partial charge < -0.3 is 0 Å². The monoisotopic (exact) mass is 415 g/mol. The maximum Gasteiger partial charge on any atom is 0.123 e. The summed E-state index contributed by atoms with van der Waals surface area (Å²) in [5.41, 5.74) is 5.94. The Bertz CT molecular complexity index is 956. The fourth-order valence-electron chi connectivity index (χ4n) is 4.84. The summed E-state index contributed by atoms with van der Waals surface area (Å²) >= 11 is 0. The third-order valence-electron chi connectivity index (χ3n) is 6.56. The van der Waals surface area contributed by atoms with Gasteiger partial charge in [0.2, 0.25) is 0 Å². The minimum Gasteiger partial charge on any atom is -0.207 e. The van der Waals surface area contributed by atoms with Crippen LogP contribution in [-0.4, -0.2) is 8.80 Å². The number of halogens is 1. The lowest BCUT2D eigenvalue weighted by Gasteiger charge is -2.28. The van der Waals surface area contributed by atoms with Crippen molar-refractivity contribution < 1.29 is 4.39 Å². The van der Waals surface area contributed by atoms with Crippen LogP contribution in [0.25, 0.3) is 22.3 Å². The normalized spacial score (nSPS) is 15.4. The second kappa shape index (κ2) is 10.2. The van der Waals surface area contributed by atoms with Crippen molar-refractivity contribution >= 4 is 8.80 Å². The maximum atomic E-state index is 13.8. The molecule has 0 unspecified atom stereocenters. The zero-order valence-corrected chi connectivity index (χ0v) is 19.0. The summed E-state index contributed by atoms with van der Waals surface area (Å²) in [6, 6.07) is 28.9. The van der Waals surface area contributed by atoms with E-state index in [0.29, 0.717) is 5.92 Å². The first kappa shape index (κ1) is 21.1. The van der Waals surface area contributed by atoms with E-state index in [0.717, 1.165) is 11.1 Å². The Morgan fingerprint density at radius 2 is 1.47 bits per heavy atom. The van der Waals surface area contributed by atoms with Crippen molar-refractivity contribution in [2.45, 2.75) is 63.1 Å². The molecule has 0 N–H and O–H groups in total. The number of rotatable bonds is 7. The molecule has 0 saturated carbocycles. The predicted octanol–water partition coefficient (Wildman–Crippen LogP) is 8.72. The molecule has 1 aliphatic heterocycles. The molecule has 1 fully saturated rings. The molecule has 2 heteroatoms. The largest absolute Gasteiger partial charge is 0.207 e. The molecule has 0 bridgehead atoms. The van der Waals surface area contributed by atoms with Gasteiger partial charge in [0, 0.05) is 8.80 Å². The highest BCUT2D eigenvalue weighted by atomic mass is 28.3. The van der Waals surface area contributed by atoms with Crippen LogP contribution in [0, 0.1) is 5.82 Å². The Hall–Kier alpha value is -2.19. The van der Waals surface area contributed by atoms with Crippen LogP contribution in [0.15, 0.2) is 72.8 Å². The van der Waals surface area contributed by atoms with Gasteiger partial charge in [-0.3, -0.25) is 0 Å². The smallest absolute Gasteiger partial charge is 0.123 e. The molecule has 0 nitrogen and oxygen atoms in total. The van der Waals surface area contributed by atoms with Crippen molar-refractivity contribution in [3.63, 3.8) is 0 Å². The standard InChI is InChI=1S/C28H32FSi/c1-2-3-6-17-30-18-15-22(16-19-30)23-9-7-10-24(20-23)27-13-4-5-14-28(27)25-11-8-12-26(29)21-25/h4-5,7-14,20-22H,2-3,6,15-19H2,1H3. The van der Waals surface area contributed by atoms with Crippen LogP contribution < -0.4 is 0 Å². The van der Waals surface area contributed by atoms with Gasteiger partial charge in [-0.25, -0.2) is 4.39 Å². The summed E-state index contributed by atoms with van der Waals surface area (Å²) in [6.45, 7) is 2.30. The summed E-state index contributed by atoms with van der Waals surface area (Å²) in [5, 5.41) is 0. The van der Waals surface area contributed by atoms with E-state index in [1.54, 1.807) is 12.1 Å². The van der Waals surface area contributed by atoms with Crippen LogP contribution in [0.1, 0.15) is 50.5 Å². The molecular formula is C28H32FSi. The lowest BCUT2D eigenvalue weighted by atomic mass is 9.89. The van der Waals surface area contributed by atoms with Crippen molar-refractivity contribution in [2.75, 3.05) is 0 Å². The second-order valence-corrected chi connectivity index (χ2v) is 11.7. The van der Waals surface area contributed by atoms with Gasteiger partial charge >= 0.3 is 0 Å². The van der Waals surface area contributed by atoms with Crippen molar-refractivity contribution in [3.8, 4) is 22.3 Å². The molecular weight excluding hydrogens is 383 g/mol. The van der Waals surface area contributed by atoms with Crippen molar-refractivity contribution in [3.05, 3.63) is 84.2 Å². The molecule has 30 heavy (non-hydrogen) atoms. The highest BCUT2D eigenvalue weighted by Crippen LogP contribution is 2.38. The van der Waals surface area contributed by atoms with E-state index < -0.39 is 0 Å². The Morgan fingerprint density at radius 3 is 2.13 bits per heavy atom. The molecule has 155 valence electrons. The predicted molar refractivity (Wildman–Crippen MR) is 129 cm³/mol. The van der Waals surface area contributed by atoms with Gasteiger partial charge in [-0.2, -0.15) is 0 Å². The summed E-state index contributed by atoms with van der Waals surface area (Å²) < 4.78 is 13.8. The summed E-state index contributed by atoms with van der Waals surface area (Å²) in [7, 11) is -0.104. The zero-order chi connectivity index (χ0) is 20.8. The van der Waals surface area contributed by atoms with Crippen LogP contribution in [0.2, 0.25) is 18.1 Å². The molecule has 3 aromatic rings. The second-order valence-electron chi connectivity index (χ2n) is 8.66. The minimum absolute atomic E-state index is 0.104. The average molecular weight is 416 g/mol. The van der Waals surface area contributed by atoms with E-state index in [-0.39, 0.29) is 14.6 Å². The first-order valence-electron chi connectivity index (χ1n) is 11.5. The lowest BCUT2D eigenvalue weighted by molar-refractivity contribution is 0.603. The number of hydrogen-bond donors (Lipinski definition) is 0. The summed E-state index contributed by atoms with van der Waals surface area (Å²) in [6.07, 6.45) is 6.90. The fraction of sp³-hybridized carbons (Fsp3) is 0.357. The van der Waals surface area contributed by atoms with Gasteiger partial charge in [0.05, 0.1) is 0 Å². The Labute approximate surface area is 182 Å². The zero-order valence-electron chi connectivity index (χ0n) is 18.0. The van der Waals surface area contributed by atoms with E-state index in [4.69, 9.17) is 0 Å². The molecule has 0 aliphatic carbocycles. The SMILES string of the molecule is CCCCC[Si]1CCC(c2cccc(-c3ccccc3-c3cccc(F)c3)c2)CC1. The van der Waals surface area contributed by atoms with Crippen molar-refractivity contribution in [2.24, 2.45) is 0 Å². The quantitative estimate of drug-likeness (QED) is 0.267. The molecule has 1 saturated heterocycles. The van der Waals surface area contributed by atoms with Gasteiger partial charge in [-0.15, -0.1) is 0 Å². The molecule has 1 aliphatic rings. The molecule has 4 rings (SSSR count). The Morgan fingerprint density at radius 1 is 0.800 bits per heavy atom. The fourth-order valence-corrected chi connectivity index (χ4v) is 7.85. The molecule has 0 amide bonds. The molecule has 1 radical (unpaired) electrons. The number of unbranched alkanes of at least 4 members (excludes halogenated alkanes) is 2. The molecule has 0 spiro atoms. The van der Waals surface area contributed by atoms with E-state index in [2.05, 4.69) is 49.4 Å². The Balaban J connectivity index is 1.53. The highest BCUT2D eigenvalue weighted by Gasteiger charge is 2.23. The van der Waals surface area contributed by atoms with Crippen LogP contribution in [-0.2, 0) is 0 Å². The maximum absolute atomic E-state index is 13.8. The first-order valence-corrected chi connectivity index (χ1v) is 13.7. The van der Waals surface area contributed by atoms with Crippen LogP contribution >= 0.6 is 0 Å². The highest BCUT2D eigenvalue weighted by molar-refractivity contribution is 6.59.